The third-order valence-corrected chi connectivity index (χ3v) is 5.22. The Bertz CT molecular complexity index is 598. The topological polar surface area (TPSA) is 58.4 Å². The highest BCUT2D eigenvalue weighted by atomic mass is 16.2. The van der Waals surface area contributed by atoms with Gasteiger partial charge in [-0.1, -0.05) is 6.92 Å². The molecule has 2 unspecified atom stereocenters. The first-order valence-corrected chi connectivity index (χ1v) is 9.19. The number of hydrogen-bond acceptors (Lipinski definition) is 3. The quantitative estimate of drug-likeness (QED) is 0.852. The number of carbonyl (C=O) groups is 2. The van der Waals surface area contributed by atoms with Crippen LogP contribution in [0.3, 0.4) is 0 Å². The maximum absolute atomic E-state index is 13.1. The number of nitrogens with zero attached hydrogens (tertiary/aromatic N) is 4. The second-order valence-electron chi connectivity index (χ2n) is 7.03. The Morgan fingerprint density at radius 1 is 1.21 bits per heavy atom. The summed E-state index contributed by atoms with van der Waals surface area (Å²) in [5.41, 5.74) is 1.14. The Balaban J connectivity index is 1.70. The summed E-state index contributed by atoms with van der Waals surface area (Å²) in [5, 5.41) is 4.42. The van der Waals surface area contributed by atoms with Crippen molar-refractivity contribution in [1.29, 1.82) is 0 Å². The molecule has 2 fully saturated rings. The molecule has 1 aromatic rings. The molecule has 1 aromatic heterocycles. The molecular formula is C18H28N4O2. The monoisotopic (exact) mass is 332 g/mol. The summed E-state index contributed by atoms with van der Waals surface area (Å²) in [5.74, 6) is 0.231. The Morgan fingerprint density at radius 2 is 2.04 bits per heavy atom. The minimum Gasteiger partial charge on any atom is -0.339 e. The second-order valence-corrected chi connectivity index (χ2v) is 7.03. The molecule has 2 amide bonds. The molecule has 0 aromatic carbocycles. The van der Waals surface area contributed by atoms with Crippen molar-refractivity contribution in [3.05, 3.63) is 18.0 Å². The van der Waals surface area contributed by atoms with Crippen LogP contribution in [-0.4, -0.2) is 57.1 Å². The number of rotatable bonds is 3. The number of piperidine rings is 2. The van der Waals surface area contributed by atoms with Crippen molar-refractivity contribution in [2.45, 2.75) is 64.5 Å². The summed E-state index contributed by atoms with van der Waals surface area (Å²) in [6.07, 6.45) is 9.25. The third-order valence-electron chi connectivity index (χ3n) is 5.22. The van der Waals surface area contributed by atoms with Crippen LogP contribution in [0.2, 0.25) is 0 Å². The molecule has 24 heavy (non-hydrogen) atoms. The number of likely N-dealkylation sites (tertiary alicyclic amines) is 2. The van der Waals surface area contributed by atoms with Crippen LogP contribution in [0.5, 0.6) is 0 Å². The van der Waals surface area contributed by atoms with Crippen LogP contribution in [0.4, 0.5) is 0 Å². The minimum absolute atomic E-state index is 0.101. The lowest BCUT2D eigenvalue weighted by Gasteiger charge is -2.40. The first kappa shape index (κ1) is 17.0. The van der Waals surface area contributed by atoms with Gasteiger partial charge in [-0.3, -0.25) is 14.3 Å². The van der Waals surface area contributed by atoms with Crippen LogP contribution in [0, 0.1) is 6.92 Å². The van der Waals surface area contributed by atoms with Gasteiger partial charge in [-0.15, -0.1) is 0 Å². The molecule has 6 nitrogen and oxygen atoms in total. The first-order valence-electron chi connectivity index (χ1n) is 9.19. The van der Waals surface area contributed by atoms with E-state index in [0.717, 1.165) is 50.8 Å². The lowest BCUT2D eigenvalue weighted by Crippen LogP contribution is -2.54. The van der Waals surface area contributed by atoms with Crippen molar-refractivity contribution >= 4 is 11.8 Å². The molecule has 6 heteroatoms. The SMILES string of the molecule is CCC(=O)N1CCCCC1C(=O)N1CCCC(n2cc(C)cn2)C1. The summed E-state index contributed by atoms with van der Waals surface area (Å²) in [6.45, 7) is 6.12. The molecule has 0 aliphatic carbocycles. The fraction of sp³-hybridized carbons (Fsp3) is 0.722. The summed E-state index contributed by atoms with van der Waals surface area (Å²) in [7, 11) is 0. The zero-order valence-electron chi connectivity index (χ0n) is 14.8. The van der Waals surface area contributed by atoms with E-state index < -0.39 is 0 Å². The van der Waals surface area contributed by atoms with Gasteiger partial charge in [0.25, 0.3) is 0 Å². The smallest absolute Gasteiger partial charge is 0.245 e. The maximum Gasteiger partial charge on any atom is 0.245 e. The van der Waals surface area contributed by atoms with Gasteiger partial charge in [0, 0.05) is 32.3 Å². The highest BCUT2D eigenvalue weighted by Gasteiger charge is 2.36. The average Bonchev–Trinajstić information content (AvgIpc) is 3.07. The van der Waals surface area contributed by atoms with E-state index in [2.05, 4.69) is 5.10 Å². The molecular weight excluding hydrogens is 304 g/mol. The Morgan fingerprint density at radius 3 is 2.75 bits per heavy atom. The summed E-state index contributed by atoms with van der Waals surface area (Å²) in [4.78, 5) is 29.0. The molecule has 0 N–H and O–H groups in total. The average molecular weight is 332 g/mol. The number of aromatic nitrogens is 2. The lowest BCUT2D eigenvalue weighted by molar-refractivity contribution is -0.148. The zero-order valence-corrected chi connectivity index (χ0v) is 14.8. The molecule has 0 saturated carbocycles. The van der Waals surface area contributed by atoms with Crippen LogP contribution in [0.15, 0.2) is 12.4 Å². The number of carbonyl (C=O) groups excluding carboxylic acids is 2. The number of hydrogen-bond donors (Lipinski definition) is 0. The van der Waals surface area contributed by atoms with Crippen LogP contribution in [-0.2, 0) is 9.59 Å². The minimum atomic E-state index is -0.260. The summed E-state index contributed by atoms with van der Waals surface area (Å²) in [6, 6.07) is -0.0142. The highest BCUT2D eigenvalue weighted by Crippen LogP contribution is 2.25. The van der Waals surface area contributed by atoms with Gasteiger partial charge in [0.05, 0.1) is 12.2 Å². The van der Waals surface area contributed by atoms with Gasteiger partial charge in [-0.05, 0) is 44.6 Å². The van der Waals surface area contributed by atoms with E-state index in [1.807, 2.05) is 40.7 Å². The predicted octanol–water partition coefficient (Wildman–Crippen LogP) is 2.15. The number of aryl methyl sites for hydroxylation is 1. The van der Waals surface area contributed by atoms with Gasteiger partial charge in [-0.2, -0.15) is 5.10 Å². The molecule has 132 valence electrons. The standard InChI is InChI=1S/C18H28N4O2/c1-3-17(23)21-10-5-4-8-16(21)18(24)20-9-6-7-15(13-20)22-12-14(2)11-19-22/h11-12,15-16H,3-10,13H2,1-2H3. The molecule has 0 spiro atoms. The van der Waals surface area contributed by atoms with Crippen molar-refractivity contribution in [1.82, 2.24) is 19.6 Å². The third kappa shape index (κ3) is 3.47. The lowest BCUT2D eigenvalue weighted by atomic mass is 9.98. The summed E-state index contributed by atoms with van der Waals surface area (Å²) >= 11 is 0. The first-order chi connectivity index (χ1) is 11.6. The van der Waals surface area contributed by atoms with Gasteiger partial charge in [0.1, 0.15) is 6.04 Å². The molecule has 2 aliphatic heterocycles. The van der Waals surface area contributed by atoms with E-state index in [9.17, 15) is 9.59 Å². The van der Waals surface area contributed by atoms with Crippen molar-refractivity contribution in [2.75, 3.05) is 19.6 Å². The molecule has 2 atom stereocenters. The molecule has 3 rings (SSSR count). The van der Waals surface area contributed by atoms with E-state index in [0.29, 0.717) is 13.0 Å². The van der Waals surface area contributed by atoms with E-state index in [1.165, 1.54) is 0 Å². The van der Waals surface area contributed by atoms with Crippen molar-refractivity contribution < 1.29 is 9.59 Å². The fourth-order valence-corrected chi connectivity index (χ4v) is 3.90. The van der Waals surface area contributed by atoms with E-state index in [4.69, 9.17) is 0 Å². The van der Waals surface area contributed by atoms with Gasteiger partial charge >= 0.3 is 0 Å². The number of amides is 2. The van der Waals surface area contributed by atoms with E-state index in [1.54, 1.807) is 0 Å². The highest BCUT2D eigenvalue weighted by molar-refractivity contribution is 5.88. The fourth-order valence-electron chi connectivity index (χ4n) is 3.90. The van der Waals surface area contributed by atoms with Crippen molar-refractivity contribution in [2.24, 2.45) is 0 Å². The Hall–Kier alpha value is -1.85. The van der Waals surface area contributed by atoms with Crippen LogP contribution < -0.4 is 0 Å². The van der Waals surface area contributed by atoms with Crippen LogP contribution >= 0.6 is 0 Å². The molecule has 2 saturated heterocycles. The van der Waals surface area contributed by atoms with Crippen LogP contribution in [0.25, 0.3) is 0 Å². The predicted molar refractivity (Wildman–Crippen MR) is 91.5 cm³/mol. The van der Waals surface area contributed by atoms with Crippen molar-refractivity contribution in [3.8, 4) is 0 Å². The van der Waals surface area contributed by atoms with Crippen LogP contribution in [0.1, 0.15) is 57.1 Å². The normalized spacial score (nSPS) is 24.9. The Kier molecular flexibility index (Phi) is 5.21. The zero-order chi connectivity index (χ0) is 17.1. The molecule has 0 bridgehead atoms. The maximum atomic E-state index is 13.1. The van der Waals surface area contributed by atoms with Gasteiger partial charge in [-0.25, -0.2) is 0 Å². The van der Waals surface area contributed by atoms with Gasteiger partial charge in [0.2, 0.25) is 11.8 Å². The molecule has 3 heterocycles. The summed E-state index contributed by atoms with van der Waals surface area (Å²) < 4.78 is 1.99. The van der Waals surface area contributed by atoms with E-state index >= 15 is 0 Å². The molecule has 2 aliphatic rings. The largest absolute Gasteiger partial charge is 0.339 e. The van der Waals surface area contributed by atoms with E-state index in [-0.39, 0.29) is 23.9 Å². The molecule has 0 radical (unpaired) electrons. The van der Waals surface area contributed by atoms with Gasteiger partial charge < -0.3 is 9.80 Å². The van der Waals surface area contributed by atoms with Gasteiger partial charge in [0.15, 0.2) is 0 Å². The van der Waals surface area contributed by atoms with Crippen molar-refractivity contribution in [3.63, 3.8) is 0 Å². The Labute approximate surface area is 143 Å². The second kappa shape index (κ2) is 7.36.